The summed E-state index contributed by atoms with van der Waals surface area (Å²) in [7, 11) is 0. The van der Waals surface area contributed by atoms with Gasteiger partial charge in [0, 0.05) is 44.8 Å². The van der Waals surface area contributed by atoms with Crippen LogP contribution in [-0.4, -0.2) is 63.1 Å². The first-order valence-corrected chi connectivity index (χ1v) is 10.0. The van der Waals surface area contributed by atoms with Crippen LogP contribution in [0.3, 0.4) is 0 Å². The van der Waals surface area contributed by atoms with Gasteiger partial charge in [0.25, 0.3) is 0 Å². The van der Waals surface area contributed by atoms with Crippen molar-refractivity contribution < 1.29 is 13.2 Å². The Morgan fingerprint density at radius 3 is 2.87 bits per heavy atom. The van der Waals surface area contributed by atoms with Gasteiger partial charge in [-0.1, -0.05) is 6.92 Å². The Bertz CT molecular complexity index is 821. The van der Waals surface area contributed by atoms with E-state index in [1.807, 2.05) is 19.4 Å². The highest BCUT2D eigenvalue weighted by atomic mass is 19.4. The zero-order chi connectivity index (χ0) is 21.6. The number of aromatic nitrogens is 4. The van der Waals surface area contributed by atoms with Crippen molar-refractivity contribution in [3.05, 3.63) is 36.7 Å². The Labute approximate surface area is 173 Å². The normalized spacial score (nSPS) is 20.3. The number of nitrogens with one attached hydrogen (secondary N) is 2. The predicted molar refractivity (Wildman–Crippen MR) is 108 cm³/mol. The number of likely N-dealkylation sites (tertiary alicyclic amines) is 1. The lowest BCUT2D eigenvalue weighted by molar-refractivity contribution is -0.141. The summed E-state index contributed by atoms with van der Waals surface area (Å²) in [5.41, 5.74) is -0.968. The van der Waals surface area contributed by atoms with Gasteiger partial charge in [-0.2, -0.15) is 13.2 Å². The van der Waals surface area contributed by atoms with Gasteiger partial charge in [0.15, 0.2) is 5.96 Å². The first kappa shape index (κ1) is 21.8. The fourth-order valence-corrected chi connectivity index (χ4v) is 3.45. The van der Waals surface area contributed by atoms with Gasteiger partial charge in [0.2, 0.25) is 5.95 Å². The van der Waals surface area contributed by atoms with E-state index in [0.29, 0.717) is 25.0 Å². The zero-order valence-corrected chi connectivity index (χ0v) is 17.1. The lowest BCUT2D eigenvalue weighted by atomic mass is 9.93. The first-order chi connectivity index (χ1) is 14.4. The van der Waals surface area contributed by atoms with Crippen LogP contribution >= 0.6 is 0 Å². The Balaban J connectivity index is 1.59. The highest BCUT2D eigenvalue weighted by molar-refractivity contribution is 5.80. The van der Waals surface area contributed by atoms with E-state index in [0.717, 1.165) is 44.3 Å². The standard InChI is InChI=1S/C19H27F3N8/c1-3-24-18(29-10-5-14(2)15(12-29)30-11-9-23-13-30)27-8-7-26-17-25-6-4-16(28-17)19(20,21)22/h4,6,9,11,13-15H,3,5,7-8,10,12H2,1-2H3,(H,24,27)(H,25,26,28). The molecule has 8 nitrogen and oxygen atoms in total. The molecule has 0 aromatic carbocycles. The zero-order valence-electron chi connectivity index (χ0n) is 17.1. The number of halogens is 3. The Morgan fingerprint density at radius 1 is 1.33 bits per heavy atom. The maximum atomic E-state index is 12.8. The molecule has 1 saturated heterocycles. The summed E-state index contributed by atoms with van der Waals surface area (Å²) in [6.45, 7) is 7.38. The number of guanidine groups is 1. The molecule has 2 aromatic rings. The van der Waals surface area contributed by atoms with Crippen molar-refractivity contribution in [2.75, 3.05) is 38.0 Å². The molecule has 164 valence electrons. The van der Waals surface area contributed by atoms with Crippen molar-refractivity contribution in [2.24, 2.45) is 10.9 Å². The number of alkyl halides is 3. The van der Waals surface area contributed by atoms with E-state index < -0.39 is 11.9 Å². The van der Waals surface area contributed by atoms with Crippen LogP contribution in [0.1, 0.15) is 32.0 Å². The van der Waals surface area contributed by atoms with E-state index in [9.17, 15) is 13.2 Å². The fraction of sp³-hybridized carbons (Fsp3) is 0.579. The lowest BCUT2D eigenvalue weighted by Gasteiger charge is -2.39. The molecule has 0 aliphatic carbocycles. The van der Waals surface area contributed by atoms with Crippen LogP contribution in [0.15, 0.2) is 36.0 Å². The molecule has 11 heteroatoms. The van der Waals surface area contributed by atoms with E-state index in [1.54, 1.807) is 6.20 Å². The lowest BCUT2D eigenvalue weighted by Crippen LogP contribution is -2.49. The molecule has 1 aliphatic rings. The topological polar surface area (TPSA) is 83.3 Å². The molecule has 0 amide bonds. The van der Waals surface area contributed by atoms with Crippen LogP contribution in [-0.2, 0) is 6.18 Å². The van der Waals surface area contributed by atoms with E-state index in [-0.39, 0.29) is 5.95 Å². The average Bonchev–Trinajstić information content (AvgIpc) is 3.25. The van der Waals surface area contributed by atoms with Gasteiger partial charge >= 0.3 is 6.18 Å². The molecule has 3 heterocycles. The molecule has 0 spiro atoms. The van der Waals surface area contributed by atoms with Crippen LogP contribution in [0.2, 0.25) is 0 Å². The van der Waals surface area contributed by atoms with Crippen molar-refractivity contribution in [3.63, 3.8) is 0 Å². The summed E-state index contributed by atoms with van der Waals surface area (Å²) in [6.07, 6.45) is 3.24. The second-order valence-corrected chi connectivity index (χ2v) is 7.21. The third-order valence-corrected chi connectivity index (χ3v) is 5.06. The van der Waals surface area contributed by atoms with Gasteiger partial charge in [-0.15, -0.1) is 0 Å². The number of hydrogen-bond acceptors (Lipinski definition) is 5. The fourth-order valence-electron chi connectivity index (χ4n) is 3.45. The third kappa shape index (κ3) is 5.61. The largest absolute Gasteiger partial charge is 0.433 e. The average molecular weight is 424 g/mol. The summed E-state index contributed by atoms with van der Waals surface area (Å²) in [5.74, 6) is 1.26. The Kier molecular flexibility index (Phi) is 7.11. The molecule has 1 fully saturated rings. The molecule has 1 aliphatic heterocycles. The molecular weight excluding hydrogens is 397 g/mol. The summed E-state index contributed by atoms with van der Waals surface area (Å²) in [4.78, 5) is 18.3. The van der Waals surface area contributed by atoms with Gasteiger partial charge in [-0.05, 0) is 25.3 Å². The van der Waals surface area contributed by atoms with E-state index in [1.165, 1.54) is 0 Å². The number of nitrogens with zero attached hydrogens (tertiary/aromatic N) is 6. The van der Waals surface area contributed by atoms with E-state index in [2.05, 4.69) is 47.0 Å². The van der Waals surface area contributed by atoms with Crippen molar-refractivity contribution >= 4 is 11.9 Å². The minimum atomic E-state index is -4.49. The van der Waals surface area contributed by atoms with Crippen molar-refractivity contribution in [3.8, 4) is 0 Å². The molecule has 30 heavy (non-hydrogen) atoms. The Hall–Kier alpha value is -2.85. The van der Waals surface area contributed by atoms with E-state index >= 15 is 0 Å². The molecule has 0 saturated carbocycles. The molecule has 0 radical (unpaired) electrons. The second kappa shape index (κ2) is 9.77. The van der Waals surface area contributed by atoms with Crippen LogP contribution in [0.5, 0.6) is 0 Å². The minimum Gasteiger partial charge on any atom is -0.357 e. The number of hydrogen-bond donors (Lipinski definition) is 2. The highest BCUT2D eigenvalue weighted by Gasteiger charge is 2.32. The van der Waals surface area contributed by atoms with Gasteiger partial charge in [0.1, 0.15) is 5.69 Å². The molecule has 2 N–H and O–H groups in total. The smallest absolute Gasteiger partial charge is 0.357 e. The third-order valence-electron chi connectivity index (χ3n) is 5.06. The number of piperidine rings is 1. The van der Waals surface area contributed by atoms with E-state index in [4.69, 9.17) is 0 Å². The molecule has 3 rings (SSSR count). The summed E-state index contributed by atoms with van der Waals surface area (Å²) >= 11 is 0. The predicted octanol–water partition coefficient (Wildman–Crippen LogP) is 2.65. The SMILES string of the molecule is CCNC(=NCCNc1nccc(C(F)(F)F)n1)N1CCC(C)C(n2ccnc2)C1. The second-order valence-electron chi connectivity index (χ2n) is 7.21. The molecule has 2 aromatic heterocycles. The van der Waals surface area contributed by atoms with Crippen molar-refractivity contribution in [1.29, 1.82) is 0 Å². The van der Waals surface area contributed by atoms with Crippen LogP contribution in [0.25, 0.3) is 0 Å². The Morgan fingerprint density at radius 2 is 2.17 bits per heavy atom. The monoisotopic (exact) mass is 424 g/mol. The summed E-state index contributed by atoms with van der Waals surface area (Å²) in [6, 6.07) is 1.16. The maximum Gasteiger partial charge on any atom is 0.433 e. The number of rotatable bonds is 6. The van der Waals surface area contributed by atoms with Crippen LogP contribution < -0.4 is 10.6 Å². The number of anilines is 1. The van der Waals surface area contributed by atoms with Crippen LogP contribution in [0.4, 0.5) is 19.1 Å². The molecule has 2 atom stereocenters. The quantitative estimate of drug-likeness (QED) is 0.422. The number of aliphatic imine (C=N–C) groups is 1. The molecular formula is C19H27F3N8. The molecule has 0 bridgehead atoms. The maximum absolute atomic E-state index is 12.8. The minimum absolute atomic E-state index is 0.0583. The van der Waals surface area contributed by atoms with Gasteiger partial charge in [0.05, 0.1) is 18.9 Å². The first-order valence-electron chi connectivity index (χ1n) is 10.0. The highest BCUT2D eigenvalue weighted by Crippen LogP contribution is 2.28. The summed E-state index contributed by atoms with van der Waals surface area (Å²) in [5, 5.41) is 6.11. The number of imidazole rings is 1. The molecule has 2 unspecified atom stereocenters. The van der Waals surface area contributed by atoms with Gasteiger partial charge in [-0.3, -0.25) is 4.99 Å². The van der Waals surface area contributed by atoms with Crippen LogP contribution in [0, 0.1) is 5.92 Å². The van der Waals surface area contributed by atoms with Crippen molar-refractivity contribution in [1.82, 2.24) is 29.7 Å². The summed E-state index contributed by atoms with van der Waals surface area (Å²) < 4.78 is 40.4. The van der Waals surface area contributed by atoms with Crippen molar-refractivity contribution in [2.45, 2.75) is 32.5 Å². The van der Waals surface area contributed by atoms with Gasteiger partial charge < -0.3 is 20.1 Å². The van der Waals surface area contributed by atoms with Gasteiger partial charge in [-0.25, -0.2) is 15.0 Å².